The summed E-state index contributed by atoms with van der Waals surface area (Å²) in [6, 6.07) is 9.94. The first kappa shape index (κ1) is 12.1. The van der Waals surface area contributed by atoms with Crippen molar-refractivity contribution in [3.8, 4) is 6.07 Å². The molecule has 0 aliphatic heterocycles. The molecular formula is C14H18N2O. The van der Waals surface area contributed by atoms with E-state index in [0.29, 0.717) is 18.2 Å². The second-order valence-electron chi connectivity index (χ2n) is 4.57. The van der Waals surface area contributed by atoms with Gasteiger partial charge in [-0.25, -0.2) is 0 Å². The summed E-state index contributed by atoms with van der Waals surface area (Å²) in [6.45, 7) is 3.80. The second-order valence-corrected chi connectivity index (χ2v) is 4.57. The highest BCUT2D eigenvalue weighted by molar-refractivity contribution is 5.32. The normalized spacial score (nSPS) is 16.8. The molecule has 2 rings (SSSR count). The summed E-state index contributed by atoms with van der Waals surface area (Å²) in [7, 11) is 0. The van der Waals surface area contributed by atoms with E-state index in [1.165, 1.54) is 12.8 Å². The summed E-state index contributed by atoms with van der Waals surface area (Å²) in [5.41, 5.74) is 1.53. The van der Waals surface area contributed by atoms with Crippen molar-refractivity contribution >= 4 is 0 Å². The van der Waals surface area contributed by atoms with Crippen LogP contribution in [0.2, 0.25) is 0 Å². The van der Waals surface area contributed by atoms with E-state index in [4.69, 9.17) is 5.26 Å². The number of hydrogen-bond donors (Lipinski definition) is 1. The molecule has 1 unspecified atom stereocenters. The van der Waals surface area contributed by atoms with Gasteiger partial charge in [0.25, 0.3) is 0 Å². The lowest BCUT2D eigenvalue weighted by Gasteiger charge is -2.23. The van der Waals surface area contributed by atoms with E-state index in [1.54, 1.807) is 12.1 Å². The van der Waals surface area contributed by atoms with Crippen LogP contribution in [-0.2, 0) is 0 Å². The number of nitrogens with zero attached hydrogens (tertiary/aromatic N) is 2. The second kappa shape index (κ2) is 5.31. The number of likely N-dealkylation sites (N-methyl/N-ethyl adjacent to an activating group) is 1. The Kier molecular flexibility index (Phi) is 3.78. The fourth-order valence-corrected chi connectivity index (χ4v) is 2.08. The Bertz CT molecular complexity index is 403. The molecule has 0 saturated heterocycles. The van der Waals surface area contributed by atoms with Crippen LogP contribution in [0.5, 0.6) is 0 Å². The maximum atomic E-state index is 10.1. The van der Waals surface area contributed by atoms with E-state index in [1.807, 2.05) is 12.1 Å². The van der Waals surface area contributed by atoms with E-state index in [-0.39, 0.29) is 0 Å². The Hall–Kier alpha value is -1.37. The smallest absolute Gasteiger partial charge is 0.0991 e. The van der Waals surface area contributed by atoms with Crippen LogP contribution in [-0.4, -0.2) is 29.1 Å². The van der Waals surface area contributed by atoms with E-state index < -0.39 is 6.10 Å². The molecule has 1 atom stereocenters. The third-order valence-corrected chi connectivity index (χ3v) is 3.30. The van der Waals surface area contributed by atoms with Crippen LogP contribution in [0, 0.1) is 11.3 Å². The zero-order chi connectivity index (χ0) is 12.3. The van der Waals surface area contributed by atoms with Gasteiger partial charge in [-0.3, -0.25) is 4.90 Å². The van der Waals surface area contributed by atoms with Crippen molar-refractivity contribution in [3.05, 3.63) is 35.4 Å². The predicted octanol–water partition coefficient (Wildman–Crippen LogP) is 2.08. The largest absolute Gasteiger partial charge is 0.387 e. The Morgan fingerprint density at radius 1 is 1.41 bits per heavy atom. The summed E-state index contributed by atoms with van der Waals surface area (Å²) >= 11 is 0. The first-order valence-electron chi connectivity index (χ1n) is 6.16. The summed E-state index contributed by atoms with van der Waals surface area (Å²) in [6.07, 6.45) is 2.06. The van der Waals surface area contributed by atoms with Crippen LogP contribution in [0.15, 0.2) is 24.3 Å². The molecule has 1 aliphatic carbocycles. The predicted molar refractivity (Wildman–Crippen MR) is 66.4 cm³/mol. The van der Waals surface area contributed by atoms with Crippen molar-refractivity contribution in [2.24, 2.45) is 0 Å². The van der Waals surface area contributed by atoms with Gasteiger partial charge in [0.2, 0.25) is 0 Å². The van der Waals surface area contributed by atoms with E-state index in [0.717, 1.165) is 12.1 Å². The Labute approximate surface area is 102 Å². The van der Waals surface area contributed by atoms with Gasteiger partial charge in [0.1, 0.15) is 0 Å². The van der Waals surface area contributed by atoms with Gasteiger partial charge in [-0.1, -0.05) is 19.1 Å². The fraction of sp³-hybridized carbons (Fsp3) is 0.500. The van der Waals surface area contributed by atoms with Crippen molar-refractivity contribution in [2.45, 2.75) is 31.9 Å². The van der Waals surface area contributed by atoms with Crippen LogP contribution in [0.3, 0.4) is 0 Å². The summed E-state index contributed by atoms with van der Waals surface area (Å²) in [5.74, 6) is 0. The number of benzene rings is 1. The fourth-order valence-electron chi connectivity index (χ4n) is 2.08. The monoisotopic (exact) mass is 230 g/mol. The van der Waals surface area contributed by atoms with E-state index >= 15 is 0 Å². The van der Waals surface area contributed by atoms with Crippen molar-refractivity contribution in [3.63, 3.8) is 0 Å². The summed E-state index contributed by atoms with van der Waals surface area (Å²) in [5, 5.41) is 18.8. The lowest BCUT2D eigenvalue weighted by molar-refractivity contribution is 0.112. The van der Waals surface area contributed by atoms with Crippen molar-refractivity contribution in [1.29, 1.82) is 5.26 Å². The van der Waals surface area contributed by atoms with Crippen LogP contribution in [0.1, 0.15) is 37.0 Å². The average Bonchev–Trinajstić information content (AvgIpc) is 3.20. The van der Waals surface area contributed by atoms with Crippen molar-refractivity contribution in [1.82, 2.24) is 4.90 Å². The lowest BCUT2D eigenvalue weighted by Crippen LogP contribution is -2.30. The highest BCUT2D eigenvalue weighted by Gasteiger charge is 2.29. The number of hydrogen-bond acceptors (Lipinski definition) is 3. The quantitative estimate of drug-likeness (QED) is 0.842. The highest BCUT2D eigenvalue weighted by Crippen LogP contribution is 2.28. The van der Waals surface area contributed by atoms with Crippen LogP contribution in [0.4, 0.5) is 0 Å². The number of aliphatic hydroxyl groups is 1. The van der Waals surface area contributed by atoms with Crippen molar-refractivity contribution < 1.29 is 5.11 Å². The van der Waals surface area contributed by atoms with Gasteiger partial charge in [0.05, 0.1) is 17.7 Å². The number of nitriles is 1. The molecule has 0 radical (unpaired) electrons. The first-order valence-corrected chi connectivity index (χ1v) is 6.16. The standard InChI is InChI=1S/C14H18N2O/c1-2-16(13-7-8-13)10-14(17)12-5-3-11(9-15)4-6-12/h3-6,13-14,17H,2,7-8,10H2,1H3. The summed E-state index contributed by atoms with van der Waals surface area (Å²) in [4.78, 5) is 2.32. The molecular weight excluding hydrogens is 212 g/mol. The zero-order valence-corrected chi connectivity index (χ0v) is 10.1. The van der Waals surface area contributed by atoms with Gasteiger partial charge in [0, 0.05) is 12.6 Å². The third kappa shape index (κ3) is 3.06. The molecule has 1 aromatic rings. The van der Waals surface area contributed by atoms with Gasteiger partial charge in [-0.15, -0.1) is 0 Å². The lowest BCUT2D eigenvalue weighted by atomic mass is 10.1. The first-order chi connectivity index (χ1) is 8.24. The van der Waals surface area contributed by atoms with E-state index in [9.17, 15) is 5.11 Å². The molecule has 1 N–H and O–H groups in total. The molecule has 1 aromatic carbocycles. The maximum absolute atomic E-state index is 10.1. The molecule has 1 fully saturated rings. The SMILES string of the molecule is CCN(CC(O)c1ccc(C#N)cc1)C1CC1. The third-order valence-electron chi connectivity index (χ3n) is 3.30. The molecule has 1 saturated carbocycles. The molecule has 0 amide bonds. The molecule has 3 nitrogen and oxygen atoms in total. The average molecular weight is 230 g/mol. The van der Waals surface area contributed by atoms with Gasteiger partial charge in [-0.2, -0.15) is 5.26 Å². The van der Waals surface area contributed by atoms with Crippen molar-refractivity contribution in [2.75, 3.05) is 13.1 Å². The Morgan fingerprint density at radius 3 is 2.53 bits per heavy atom. The highest BCUT2D eigenvalue weighted by atomic mass is 16.3. The Morgan fingerprint density at radius 2 is 2.06 bits per heavy atom. The minimum absolute atomic E-state index is 0.455. The van der Waals surface area contributed by atoms with Gasteiger partial charge in [0.15, 0.2) is 0 Å². The summed E-state index contributed by atoms with van der Waals surface area (Å²) < 4.78 is 0. The molecule has 0 heterocycles. The van der Waals surface area contributed by atoms with E-state index in [2.05, 4.69) is 17.9 Å². The molecule has 1 aliphatic rings. The molecule has 3 heteroatoms. The van der Waals surface area contributed by atoms with Crippen LogP contribution >= 0.6 is 0 Å². The molecule has 0 bridgehead atoms. The van der Waals surface area contributed by atoms with Gasteiger partial charge >= 0.3 is 0 Å². The minimum Gasteiger partial charge on any atom is -0.387 e. The van der Waals surface area contributed by atoms with Crippen LogP contribution in [0.25, 0.3) is 0 Å². The Balaban J connectivity index is 1.98. The molecule has 17 heavy (non-hydrogen) atoms. The minimum atomic E-state index is -0.455. The van der Waals surface area contributed by atoms with Gasteiger partial charge in [-0.05, 0) is 37.1 Å². The maximum Gasteiger partial charge on any atom is 0.0991 e. The van der Waals surface area contributed by atoms with Crippen LogP contribution < -0.4 is 0 Å². The molecule has 0 spiro atoms. The van der Waals surface area contributed by atoms with Gasteiger partial charge < -0.3 is 5.11 Å². The zero-order valence-electron chi connectivity index (χ0n) is 10.1. The number of aliphatic hydroxyl groups excluding tert-OH is 1. The molecule has 0 aromatic heterocycles. The molecule has 90 valence electrons. The number of rotatable bonds is 5. The topological polar surface area (TPSA) is 47.3 Å².